The van der Waals surface area contributed by atoms with Gasteiger partial charge in [-0.15, -0.1) is 0 Å². The number of rotatable bonds is 4. The zero-order valence-corrected chi connectivity index (χ0v) is 10.5. The summed E-state index contributed by atoms with van der Waals surface area (Å²) in [7, 11) is 1.80. The first-order valence-electron chi connectivity index (χ1n) is 6.10. The standard InChI is InChI=1S/C12H20N4O/c1-9-7-10(15-11(13-2)14-9)16-12(8-17)5-3-4-6-12/h7,17H,3-6,8H2,1-2H3,(H2,13,14,15,16). The molecule has 17 heavy (non-hydrogen) atoms. The minimum absolute atomic E-state index is 0.158. The molecule has 1 aromatic rings. The molecular formula is C12H20N4O. The van der Waals surface area contributed by atoms with Crippen molar-refractivity contribution in [2.75, 3.05) is 24.3 Å². The summed E-state index contributed by atoms with van der Waals surface area (Å²) in [6.45, 7) is 2.10. The van der Waals surface area contributed by atoms with E-state index in [0.717, 1.165) is 37.2 Å². The second-order valence-electron chi connectivity index (χ2n) is 4.74. The van der Waals surface area contributed by atoms with Crippen molar-refractivity contribution in [2.45, 2.75) is 38.1 Å². The number of nitrogens with one attached hydrogen (secondary N) is 2. The predicted molar refractivity (Wildman–Crippen MR) is 68.2 cm³/mol. The quantitative estimate of drug-likeness (QED) is 0.740. The Labute approximate surface area is 102 Å². The topological polar surface area (TPSA) is 70.1 Å². The molecule has 1 aliphatic rings. The molecule has 0 aliphatic heterocycles. The Bertz CT molecular complexity index is 388. The lowest BCUT2D eigenvalue weighted by Crippen LogP contribution is -2.39. The van der Waals surface area contributed by atoms with Crippen molar-refractivity contribution in [1.29, 1.82) is 0 Å². The molecule has 1 aromatic heterocycles. The van der Waals surface area contributed by atoms with Gasteiger partial charge in [0.2, 0.25) is 5.95 Å². The van der Waals surface area contributed by atoms with Crippen molar-refractivity contribution in [3.05, 3.63) is 11.8 Å². The van der Waals surface area contributed by atoms with Crippen LogP contribution >= 0.6 is 0 Å². The molecule has 1 saturated carbocycles. The van der Waals surface area contributed by atoms with Gasteiger partial charge in [0, 0.05) is 18.8 Å². The van der Waals surface area contributed by atoms with Gasteiger partial charge in [-0.25, -0.2) is 4.98 Å². The molecule has 0 bridgehead atoms. The van der Waals surface area contributed by atoms with Crippen LogP contribution in [0.5, 0.6) is 0 Å². The molecule has 0 saturated heterocycles. The van der Waals surface area contributed by atoms with E-state index < -0.39 is 0 Å². The van der Waals surface area contributed by atoms with Crippen LogP contribution in [-0.4, -0.2) is 34.3 Å². The second-order valence-corrected chi connectivity index (χ2v) is 4.74. The second kappa shape index (κ2) is 4.87. The minimum atomic E-state index is -0.189. The summed E-state index contributed by atoms with van der Waals surface area (Å²) in [5, 5.41) is 15.9. The highest BCUT2D eigenvalue weighted by molar-refractivity contribution is 5.44. The van der Waals surface area contributed by atoms with Gasteiger partial charge < -0.3 is 15.7 Å². The number of aryl methyl sites for hydroxylation is 1. The molecule has 3 N–H and O–H groups in total. The Balaban J connectivity index is 2.19. The molecule has 0 amide bonds. The number of hydrogen-bond donors (Lipinski definition) is 3. The lowest BCUT2D eigenvalue weighted by atomic mass is 9.99. The molecule has 94 valence electrons. The van der Waals surface area contributed by atoms with Crippen LogP contribution < -0.4 is 10.6 Å². The average Bonchev–Trinajstić information content (AvgIpc) is 2.77. The van der Waals surface area contributed by atoms with Crippen molar-refractivity contribution >= 4 is 11.8 Å². The first-order chi connectivity index (χ1) is 8.17. The summed E-state index contributed by atoms with van der Waals surface area (Å²) in [6.07, 6.45) is 4.33. The van der Waals surface area contributed by atoms with Gasteiger partial charge in [-0.1, -0.05) is 12.8 Å². The molecule has 1 heterocycles. The summed E-state index contributed by atoms with van der Waals surface area (Å²) >= 11 is 0. The maximum Gasteiger partial charge on any atom is 0.224 e. The Morgan fingerprint density at radius 3 is 2.65 bits per heavy atom. The van der Waals surface area contributed by atoms with E-state index in [4.69, 9.17) is 0 Å². The van der Waals surface area contributed by atoms with Crippen LogP contribution in [0, 0.1) is 6.92 Å². The highest BCUT2D eigenvalue weighted by Crippen LogP contribution is 2.32. The number of aromatic nitrogens is 2. The number of aliphatic hydroxyl groups is 1. The van der Waals surface area contributed by atoms with Crippen LogP contribution in [0.25, 0.3) is 0 Å². The van der Waals surface area contributed by atoms with Crippen molar-refractivity contribution in [3.63, 3.8) is 0 Å². The normalized spacial score (nSPS) is 18.1. The number of hydrogen-bond acceptors (Lipinski definition) is 5. The first kappa shape index (κ1) is 12.1. The van der Waals surface area contributed by atoms with Crippen LogP contribution in [0.3, 0.4) is 0 Å². The van der Waals surface area contributed by atoms with E-state index in [0.29, 0.717) is 5.95 Å². The Morgan fingerprint density at radius 2 is 2.06 bits per heavy atom. The fourth-order valence-electron chi connectivity index (χ4n) is 2.39. The monoisotopic (exact) mass is 236 g/mol. The molecule has 5 nitrogen and oxygen atoms in total. The van der Waals surface area contributed by atoms with Gasteiger partial charge in [0.25, 0.3) is 0 Å². The van der Waals surface area contributed by atoms with E-state index in [9.17, 15) is 5.11 Å². The summed E-state index contributed by atoms with van der Waals surface area (Å²) in [5.74, 6) is 1.40. The molecule has 0 aromatic carbocycles. The van der Waals surface area contributed by atoms with Crippen molar-refractivity contribution in [2.24, 2.45) is 0 Å². The number of aliphatic hydroxyl groups excluding tert-OH is 1. The Hall–Kier alpha value is -1.36. The van der Waals surface area contributed by atoms with Gasteiger partial charge >= 0.3 is 0 Å². The van der Waals surface area contributed by atoms with E-state index in [1.807, 2.05) is 13.0 Å². The zero-order chi connectivity index (χ0) is 12.3. The molecule has 1 fully saturated rings. The first-order valence-corrected chi connectivity index (χ1v) is 6.10. The highest BCUT2D eigenvalue weighted by Gasteiger charge is 2.33. The lowest BCUT2D eigenvalue weighted by molar-refractivity contribution is 0.214. The number of anilines is 2. The SMILES string of the molecule is CNc1nc(C)cc(NC2(CO)CCCC2)n1. The van der Waals surface area contributed by atoms with E-state index in [-0.39, 0.29) is 12.1 Å². The lowest BCUT2D eigenvalue weighted by Gasteiger charge is -2.28. The maximum atomic E-state index is 9.55. The Morgan fingerprint density at radius 1 is 1.35 bits per heavy atom. The average molecular weight is 236 g/mol. The summed E-state index contributed by atoms with van der Waals surface area (Å²) in [5.41, 5.74) is 0.726. The maximum absolute atomic E-state index is 9.55. The van der Waals surface area contributed by atoms with E-state index in [1.54, 1.807) is 7.05 Å². The van der Waals surface area contributed by atoms with Crippen molar-refractivity contribution in [1.82, 2.24) is 9.97 Å². The molecule has 1 aliphatic carbocycles. The van der Waals surface area contributed by atoms with Crippen LogP contribution in [-0.2, 0) is 0 Å². The van der Waals surface area contributed by atoms with Crippen LogP contribution in [0.4, 0.5) is 11.8 Å². The predicted octanol–water partition coefficient (Wildman–Crippen LogP) is 1.54. The largest absolute Gasteiger partial charge is 0.394 e. The minimum Gasteiger partial charge on any atom is -0.394 e. The third-order valence-electron chi connectivity index (χ3n) is 3.33. The zero-order valence-electron chi connectivity index (χ0n) is 10.5. The number of nitrogens with zero attached hydrogens (tertiary/aromatic N) is 2. The van der Waals surface area contributed by atoms with Gasteiger partial charge in [-0.05, 0) is 19.8 Å². The smallest absolute Gasteiger partial charge is 0.224 e. The molecular weight excluding hydrogens is 216 g/mol. The molecule has 2 rings (SSSR count). The highest BCUT2D eigenvalue weighted by atomic mass is 16.3. The molecule has 0 unspecified atom stereocenters. The molecule has 5 heteroatoms. The molecule has 0 radical (unpaired) electrons. The third kappa shape index (κ3) is 2.66. The van der Waals surface area contributed by atoms with Gasteiger partial charge in [0.1, 0.15) is 5.82 Å². The van der Waals surface area contributed by atoms with Crippen molar-refractivity contribution < 1.29 is 5.11 Å². The summed E-state index contributed by atoms with van der Waals surface area (Å²) in [6, 6.07) is 1.91. The fourth-order valence-corrected chi connectivity index (χ4v) is 2.39. The molecule has 0 spiro atoms. The van der Waals surface area contributed by atoms with Gasteiger partial charge in [0.15, 0.2) is 0 Å². The van der Waals surface area contributed by atoms with Crippen molar-refractivity contribution in [3.8, 4) is 0 Å². The summed E-state index contributed by atoms with van der Waals surface area (Å²) < 4.78 is 0. The van der Waals surface area contributed by atoms with E-state index >= 15 is 0 Å². The third-order valence-corrected chi connectivity index (χ3v) is 3.33. The van der Waals surface area contributed by atoms with Gasteiger partial charge in [-0.2, -0.15) is 4.98 Å². The van der Waals surface area contributed by atoms with E-state index in [2.05, 4.69) is 20.6 Å². The summed E-state index contributed by atoms with van der Waals surface area (Å²) in [4.78, 5) is 8.61. The van der Waals surface area contributed by atoms with Crippen LogP contribution in [0.2, 0.25) is 0 Å². The Kier molecular flexibility index (Phi) is 3.47. The van der Waals surface area contributed by atoms with Gasteiger partial charge in [-0.3, -0.25) is 0 Å². The fraction of sp³-hybridized carbons (Fsp3) is 0.667. The molecule has 0 atom stereocenters. The van der Waals surface area contributed by atoms with Gasteiger partial charge in [0.05, 0.1) is 12.1 Å². The van der Waals surface area contributed by atoms with E-state index in [1.165, 1.54) is 0 Å². The van der Waals surface area contributed by atoms with Crippen LogP contribution in [0.15, 0.2) is 6.07 Å². The van der Waals surface area contributed by atoms with Crippen LogP contribution in [0.1, 0.15) is 31.4 Å².